The Kier molecular flexibility index (Phi) is 7.96. The zero-order valence-corrected chi connectivity index (χ0v) is 18.6. The highest BCUT2D eigenvalue weighted by molar-refractivity contribution is 6.09. The number of carbonyl (C=O) groups excluding carboxylic acids is 2. The number of nitrogens with zero attached hydrogens (tertiary/aromatic N) is 1. The van der Waals surface area contributed by atoms with Crippen LogP contribution in [0, 0.1) is 5.82 Å². The van der Waals surface area contributed by atoms with Crippen LogP contribution in [-0.4, -0.2) is 29.6 Å². The van der Waals surface area contributed by atoms with Gasteiger partial charge in [-0.2, -0.15) is 0 Å². The number of rotatable bonds is 9. The number of esters is 1. The molecule has 8 heteroatoms. The lowest BCUT2D eigenvalue weighted by Crippen LogP contribution is -2.18. The second-order valence-electron chi connectivity index (χ2n) is 7.34. The van der Waals surface area contributed by atoms with Crippen molar-refractivity contribution in [2.45, 2.75) is 33.5 Å². The summed E-state index contributed by atoms with van der Waals surface area (Å²) in [5, 5.41) is 2.72. The lowest BCUT2D eigenvalue weighted by atomic mass is 10.1. The van der Waals surface area contributed by atoms with Crippen molar-refractivity contribution in [1.82, 2.24) is 4.98 Å². The average molecular weight is 452 g/mol. The summed E-state index contributed by atoms with van der Waals surface area (Å²) >= 11 is 0. The first-order valence-corrected chi connectivity index (χ1v) is 10.5. The van der Waals surface area contributed by atoms with Gasteiger partial charge in [-0.25, -0.2) is 9.18 Å². The SMILES string of the molecule is CCOC(=O)c1cnccc1NC(=O)c1cc(OCc2cccc(F)c2)ccc1OC(C)C. The van der Waals surface area contributed by atoms with E-state index in [2.05, 4.69) is 10.3 Å². The number of benzene rings is 2. The number of nitrogens with one attached hydrogen (secondary N) is 1. The van der Waals surface area contributed by atoms with Gasteiger partial charge in [0.05, 0.1) is 24.0 Å². The van der Waals surface area contributed by atoms with Crippen molar-refractivity contribution < 1.29 is 28.2 Å². The minimum Gasteiger partial charge on any atom is -0.490 e. The van der Waals surface area contributed by atoms with Gasteiger partial charge in [0.2, 0.25) is 0 Å². The summed E-state index contributed by atoms with van der Waals surface area (Å²) in [6, 6.07) is 12.4. The van der Waals surface area contributed by atoms with E-state index in [1.807, 2.05) is 13.8 Å². The molecule has 0 aliphatic rings. The zero-order valence-electron chi connectivity index (χ0n) is 18.6. The van der Waals surface area contributed by atoms with Gasteiger partial charge in [0.1, 0.15) is 29.5 Å². The number of pyridine rings is 1. The van der Waals surface area contributed by atoms with Crippen LogP contribution in [0.15, 0.2) is 60.9 Å². The van der Waals surface area contributed by atoms with Crippen molar-refractivity contribution in [3.63, 3.8) is 0 Å². The van der Waals surface area contributed by atoms with Crippen molar-refractivity contribution in [1.29, 1.82) is 0 Å². The van der Waals surface area contributed by atoms with Crippen molar-refractivity contribution in [3.05, 3.63) is 83.4 Å². The summed E-state index contributed by atoms with van der Waals surface area (Å²) in [4.78, 5) is 29.3. The van der Waals surface area contributed by atoms with E-state index in [1.54, 1.807) is 31.2 Å². The largest absolute Gasteiger partial charge is 0.490 e. The van der Waals surface area contributed by atoms with E-state index < -0.39 is 11.9 Å². The van der Waals surface area contributed by atoms with Gasteiger partial charge in [-0.1, -0.05) is 12.1 Å². The molecule has 1 N–H and O–H groups in total. The number of hydrogen-bond donors (Lipinski definition) is 1. The van der Waals surface area contributed by atoms with Crippen LogP contribution in [0.25, 0.3) is 0 Å². The van der Waals surface area contributed by atoms with Crippen LogP contribution in [-0.2, 0) is 11.3 Å². The van der Waals surface area contributed by atoms with Gasteiger partial charge in [0, 0.05) is 12.4 Å². The highest BCUT2D eigenvalue weighted by Gasteiger charge is 2.19. The van der Waals surface area contributed by atoms with Crippen molar-refractivity contribution >= 4 is 17.6 Å². The molecule has 1 heterocycles. The minimum atomic E-state index is -0.591. The summed E-state index contributed by atoms with van der Waals surface area (Å²) in [6.45, 7) is 5.70. The molecule has 7 nitrogen and oxygen atoms in total. The van der Waals surface area contributed by atoms with Crippen molar-refractivity contribution in [2.24, 2.45) is 0 Å². The second-order valence-corrected chi connectivity index (χ2v) is 7.34. The Morgan fingerprint density at radius 2 is 1.91 bits per heavy atom. The molecule has 0 radical (unpaired) electrons. The van der Waals surface area contributed by atoms with Gasteiger partial charge in [-0.15, -0.1) is 0 Å². The fourth-order valence-electron chi connectivity index (χ4n) is 2.99. The molecule has 0 aliphatic heterocycles. The first-order chi connectivity index (χ1) is 15.9. The normalized spacial score (nSPS) is 10.6. The van der Waals surface area contributed by atoms with Gasteiger partial charge in [0.15, 0.2) is 0 Å². The molecule has 0 atom stereocenters. The Morgan fingerprint density at radius 1 is 1.09 bits per heavy atom. The summed E-state index contributed by atoms with van der Waals surface area (Å²) in [7, 11) is 0. The van der Waals surface area contributed by atoms with Crippen LogP contribution in [0.4, 0.5) is 10.1 Å². The van der Waals surface area contributed by atoms with E-state index >= 15 is 0 Å². The van der Waals surface area contributed by atoms with Crippen LogP contribution in [0.2, 0.25) is 0 Å². The quantitative estimate of drug-likeness (QED) is 0.459. The topological polar surface area (TPSA) is 86.8 Å². The van der Waals surface area contributed by atoms with E-state index in [9.17, 15) is 14.0 Å². The molecular formula is C25H25FN2O5. The zero-order chi connectivity index (χ0) is 23.8. The third kappa shape index (κ3) is 6.52. The maximum absolute atomic E-state index is 13.4. The van der Waals surface area contributed by atoms with E-state index in [0.717, 1.165) is 0 Å². The number of anilines is 1. The molecule has 3 aromatic rings. The number of ether oxygens (including phenoxy) is 3. The molecule has 0 unspecified atom stereocenters. The smallest absolute Gasteiger partial charge is 0.341 e. The van der Waals surface area contributed by atoms with Gasteiger partial charge >= 0.3 is 5.97 Å². The number of hydrogen-bond acceptors (Lipinski definition) is 6. The van der Waals surface area contributed by atoms with E-state index in [4.69, 9.17) is 14.2 Å². The molecule has 0 fully saturated rings. The number of halogens is 1. The van der Waals surface area contributed by atoms with Crippen LogP contribution in [0.3, 0.4) is 0 Å². The standard InChI is InChI=1S/C25H25FN2O5/c1-4-31-25(30)21-14-27-11-10-22(21)28-24(29)20-13-19(8-9-23(20)33-16(2)3)32-15-17-6-5-7-18(26)12-17/h5-14,16H,4,15H2,1-3H3,(H,27,28,29). The molecule has 0 spiro atoms. The van der Waals surface area contributed by atoms with Crippen molar-refractivity contribution in [3.8, 4) is 11.5 Å². The van der Waals surface area contributed by atoms with Crippen molar-refractivity contribution in [2.75, 3.05) is 11.9 Å². The highest BCUT2D eigenvalue weighted by Crippen LogP contribution is 2.27. The fraction of sp³-hybridized carbons (Fsp3) is 0.240. The lowest BCUT2D eigenvalue weighted by Gasteiger charge is -2.16. The van der Waals surface area contributed by atoms with Gasteiger partial charge in [-0.3, -0.25) is 9.78 Å². The van der Waals surface area contributed by atoms with Gasteiger partial charge in [0.25, 0.3) is 5.91 Å². The van der Waals surface area contributed by atoms with E-state index in [-0.39, 0.29) is 41.9 Å². The number of amides is 1. The predicted molar refractivity (Wildman–Crippen MR) is 121 cm³/mol. The Morgan fingerprint density at radius 3 is 2.64 bits per heavy atom. The molecule has 33 heavy (non-hydrogen) atoms. The molecule has 0 saturated carbocycles. The van der Waals surface area contributed by atoms with E-state index in [1.165, 1.54) is 36.7 Å². The maximum Gasteiger partial charge on any atom is 0.341 e. The molecular weight excluding hydrogens is 427 g/mol. The predicted octanol–water partition coefficient (Wildman–Crippen LogP) is 5.02. The van der Waals surface area contributed by atoms with Crippen LogP contribution >= 0.6 is 0 Å². The average Bonchev–Trinajstić information content (AvgIpc) is 2.78. The molecule has 0 aliphatic carbocycles. The fourth-order valence-corrected chi connectivity index (χ4v) is 2.99. The number of carbonyl (C=O) groups is 2. The summed E-state index contributed by atoms with van der Waals surface area (Å²) in [5.74, 6) is -0.690. The Hall–Kier alpha value is -3.94. The molecule has 1 amide bonds. The summed E-state index contributed by atoms with van der Waals surface area (Å²) in [5.41, 5.74) is 1.26. The first kappa shape index (κ1) is 23.7. The van der Waals surface area contributed by atoms with Crippen LogP contribution in [0.5, 0.6) is 11.5 Å². The highest BCUT2D eigenvalue weighted by atomic mass is 19.1. The summed E-state index contributed by atoms with van der Waals surface area (Å²) in [6.07, 6.45) is 2.62. The third-order valence-electron chi connectivity index (χ3n) is 4.42. The molecule has 0 bridgehead atoms. The third-order valence-corrected chi connectivity index (χ3v) is 4.42. The number of aromatic nitrogens is 1. The molecule has 1 aromatic heterocycles. The monoisotopic (exact) mass is 452 g/mol. The van der Waals surface area contributed by atoms with Crippen LogP contribution in [0.1, 0.15) is 47.1 Å². The molecule has 172 valence electrons. The second kappa shape index (κ2) is 11.1. The van der Waals surface area contributed by atoms with Crippen LogP contribution < -0.4 is 14.8 Å². The maximum atomic E-state index is 13.4. The first-order valence-electron chi connectivity index (χ1n) is 10.5. The Labute approximate surface area is 191 Å². The lowest BCUT2D eigenvalue weighted by molar-refractivity contribution is 0.0527. The Bertz CT molecular complexity index is 1130. The molecule has 3 rings (SSSR count). The molecule has 2 aromatic carbocycles. The van der Waals surface area contributed by atoms with Gasteiger partial charge < -0.3 is 19.5 Å². The minimum absolute atomic E-state index is 0.126. The summed E-state index contributed by atoms with van der Waals surface area (Å²) < 4.78 is 30.0. The molecule has 0 saturated heterocycles. The van der Waals surface area contributed by atoms with E-state index in [0.29, 0.717) is 17.1 Å². The Balaban J connectivity index is 1.85. The van der Waals surface area contributed by atoms with Gasteiger partial charge in [-0.05, 0) is 62.7 Å².